The normalized spacial score (nSPS) is 11.2. The molecule has 0 radical (unpaired) electrons. The van der Waals surface area contributed by atoms with Crippen molar-refractivity contribution in [2.24, 2.45) is 0 Å². The van der Waals surface area contributed by atoms with Crippen LogP contribution < -0.4 is 4.72 Å². The van der Waals surface area contributed by atoms with Crippen LogP contribution in [0.4, 0.5) is 10.1 Å². The average Bonchev–Trinajstić information content (AvgIpc) is 2.56. The van der Waals surface area contributed by atoms with Gasteiger partial charge >= 0.3 is 5.97 Å². The van der Waals surface area contributed by atoms with Crippen LogP contribution in [0.15, 0.2) is 42.5 Å². The summed E-state index contributed by atoms with van der Waals surface area (Å²) < 4.78 is 45.4. The predicted molar refractivity (Wildman–Crippen MR) is 94.7 cm³/mol. The van der Waals surface area contributed by atoms with Crippen LogP contribution in [0.1, 0.15) is 29.3 Å². The summed E-state index contributed by atoms with van der Waals surface area (Å²) in [6.45, 7) is 1.63. The van der Waals surface area contributed by atoms with Crippen molar-refractivity contribution in [3.05, 3.63) is 64.4 Å². The largest absolute Gasteiger partial charge is 0.457 e. The minimum absolute atomic E-state index is 0.0543. The number of esters is 1. The second-order valence-electron chi connectivity index (χ2n) is 5.27. The summed E-state index contributed by atoms with van der Waals surface area (Å²) in [7, 11) is -3.70. The molecule has 5 nitrogen and oxygen atoms in total. The zero-order valence-electron chi connectivity index (χ0n) is 13.5. The summed E-state index contributed by atoms with van der Waals surface area (Å²) in [6.07, 6.45) is 0.372. The first-order valence-electron chi connectivity index (χ1n) is 7.53. The lowest BCUT2D eigenvalue weighted by Crippen LogP contribution is -2.18. The van der Waals surface area contributed by atoms with Crippen LogP contribution in [-0.2, 0) is 21.4 Å². The minimum Gasteiger partial charge on any atom is -0.457 e. The molecule has 0 aliphatic heterocycles. The lowest BCUT2D eigenvalue weighted by Gasteiger charge is -2.12. The summed E-state index contributed by atoms with van der Waals surface area (Å²) in [5, 5.41) is -0.158. The number of benzene rings is 2. The van der Waals surface area contributed by atoms with Crippen molar-refractivity contribution in [1.82, 2.24) is 0 Å². The van der Waals surface area contributed by atoms with Crippen molar-refractivity contribution >= 4 is 33.3 Å². The Kier molecular flexibility index (Phi) is 6.39. The molecule has 25 heavy (non-hydrogen) atoms. The van der Waals surface area contributed by atoms with E-state index in [0.717, 1.165) is 5.56 Å². The molecule has 0 aromatic heterocycles. The third kappa shape index (κ3) is 5.17. The Morgan fingerprint density at radius 1 is 1.20 bits per heavy atom. The van der Waals surface area contributed by atoms with Crippen molar-refractivity contribution in [2.45, 2.75) is 20.0 Å². The van der Waals surface area contributed by atoms with Gasteiger partial charge in [0.1, 0.15) is 12.2 Å². The fourth-order valence-corrected chi connectivity index (χ4v) is 3.46. The minimum atomic E-state index is -3.70. The molecule has 0 aliphatic carbocycles. The van der Waals surface area contributed by atoms with Gasteiger partial charge in [-0.2, -0.15) is 0 Å². The monoisotopic (exact) mass is 385 g/mol. The molecule has 0 spiro atoms. The molecule has 2 rings (SSSR count). The van der Waals surface area contributed by atoms with E-state index in [1.54, 1.807) is 31.2 Å². The highest BCUT2D eigenvalue weighted by Crippen LogP contribution is 2.27. The number of carbonyl (C=O) groups excluding carboxylic acids is 1. The molecule has 0 saturated heterocycles. The summed E-state index contributed by atoms with van der Waals surface area (Å²) >= 11 is 5.89. The van der Waals surface area contributed by atoms with Gasteiger partial charge in [0.05, 0.1) is 16.5 Å². The van der Waals surface area contributed by atoms with Crippen molar-refractivity contribution in [2.75, 3.05) is 10.5 Å². The number of carbonyl (C=O) groups is 1. The molecule has 0 bridgehead atoms. The molecular weight excluding hydrogens is 369 g/mol. The molecule has 1 N–H and O–H groups in total. The van der Waals surface area contributed by atoms with Crippen LogP contribution in [0.5, 0.6) is 0 Å². The van der Waals surface area contributed by atoms with Crippen LogP contribution >= 0.6 is 11.6 Å². The Morgan fingerprint density at radius 3 is 2.52 bits per heavy atom. The SMILES string of the molecule is CCCS(=O)(=O)Nc1ccc(Cl)c(C(=O)OCc2ccccc2)c1F. The highest BCUT2D eigenvalue weighted by Gasteiger charge is 2.23. The van der Waals surface area contributed by atoms with Gasteiger partial charge in [0.25, 0.3) is 0 Å². The molecule has 2 aromatic carbocycles. The van der Waals surface area contributed by atoms with Crippen molar-refractivity contribution in [1.29, 1.82) is 0 Å². The van der Waals surface area contributed by atoms with Gasteiger partial charge in [-0.1, -0.05) is 48.9 Å². The van der Waals surface area contributed by atoms with Gasteiger partial charge in [-0.3, -0.25) is 4.72 Å². The van der Waals surface area contributed by atoms with E-state index in [-0.39, 0.29) is 23.1 Å². The Bertz CT molecular complexity index is 856. The summed E-state index contributed by atoms with van der Waals surface area (Å²) in [5.74, 6) is -2.20. The van der Waals surface area contributed by atoms with Gasteiger partial charge in [-0.15, -0.1) is 0 Å². The average molecular weight is 386 g/mol. The molecule has 0 heterocycles. The number of ether oxygens (including phenoxy) is 1. The van der Waals surface area contributed by atoms with E-state index in [1.807, 2.05) is 6.07 Å². The Labute approximate surface area is 150 Å². The Hall–Kier alpha value is -2.12. The maximum Gasteiger partial charge on any atom is 0.343 e. The highest BCUT2D eigenvalue weighted by molar-refractivity contribution is 7.92. The summed E-state index contributed by atoms with van der Waals surface area (Å²) in [6, 6.07) is 11.3. The van der Waals surface area contributed by atoms with Crippen LogP contribution in [0, 0.1) is 5.82 Å². The number of halogens is 2. The Morgan fingerprint density at radius 2 is 1.88 bits per heavy atom. The molecule has 134 valence electrons. The van der Waals surface area contributed by atoms with Crippen molar-refractivity contribution in [3.63, 3.8) is 0 Å². The zero-order valence-corrected chi connectivity index (χ0v) is 15.0. The molecule has 0 saturated carbocycles. The van der Waals surface area contributed by atoms with E-state index in [2.05, 4.69) is 4.72 Å². The predicted octanol–water partition coefficient (Wildman–Crippen LogP) is 3.99. The van der Waals surface area contributed by atoms with E-state index in [1.165, 1.54) is 12.1 Å². The van der Waals surface area contributed by atoms with Gasteiger partial charge in [0.2, 0.25) is 10.0 Å². The second-order valence-corrected chi connectivity index (χ2v) is 7.52. The molecular formula is C17H17ClFNO4S. The van der Waals surface area contributed by atoms with Crippen LogP contribution in [0.3, 0.4) is 0 Å². The molecule has 0 atom stereocenters. The topological polar surface area (TPSA) is 72.5 Å². The molecule has 0 aliphatic rings. The van der Waals surface area contributed by atoms with Gasteiger partial charge in [0.15, 0.2) is 5.82 Å². The maximum atomic E-state index is 14.6. The zero-order chi connectivity index (χ0) is 18.4. The quantitative estimate of drug-likeness (QED) is 0.731. The van der Waals surface area contributed by atoms with E-state index < -0.39 is 27.4 Å². The first-order chi connectivity index (χ1) is 11.8. The number of sulfonamides is 1. The first kappa shape index (κ1) is 19.2. The number of nitrogens with one attached hydrogen (secondary N) is 1. The van der Waals surface area contributed by atoms with Gasteiger partial charge in [-0.05, 0) is 24.1 Å². The van der Waals surface area contributed by atoms with Crippen molar-refractivity contribution in [3.8, 4) is 0 Å². The molecule has 0 unspecified atom stereocenters. The second kappa shape index (κ2) is 8.31. The smallest absolute Gasteiger partial charge is 0.343 e. The molecule has 0 fully saturated rings. The number of hydrogen-bond acceptors (Lipinski definition) is 4. The molecule has 8 heteroatoms. The van der Waals surface area contributed by atoms with Crippen molar-refractivity contribution < 1.29 is 22.3 Å². The third-order valence-electron chi connectivity index (χ3n) is 3.25. The maximum absolute atomic E-state index is 14.6. The number of anilines is 1. The van der Waals surface area contributed by atoms with Gasteiger partial charge in [0, 0.05) is 0 Å². The lowest BCUT2D eigenvalue weighted by molar-refractivity contribution is 0.0467. The van der Waals surface area contributed by atoms with Crippen LogP contribution in [0.2, 0.25) is 5.02 Å². The Balaban J connectivity index is 2.22. The highest BCUT2D eigenvalue weighted by atomic mass is 35.5. The van der Waals surface area contributed by atoms with E-state index in [4.69, 9.17) is 16.3 Å². The fraction of sp³-hybridized carbons (Fsp3) is 0.235. The van der Waals surface area contributed by atoms with Crippen LogP contribution in [0.25, 0.3) is 0 Å². The standard InChI is InChI=1S/C17H17ClFNO4S/c1-2-10-25(22,23)20-14-9-8-13(18)15(16(14)19)17(21)24-11-12-6-4-3-5-7-12/h3-9,20H,2,10-11H2,1H3. The number of rotatable bonds is 7. The third-order valence-corrected chi connectivity index (χ3v) is 5.04. The lowest BCUT2D eigenvalue weighted by atomic mass is 10.2. The van der Waals surface area contributed by atoms with Gasteiger partial charge < -0.3 is 4.74 Å². The number of hydrogen-bond donors (Lipinski definition) is 1. The van der Waals surface area contributed by atoms with Gasteiger partial charge in [-0.25, -0.2) is 17.6 Å². The fourth-order valence-electron chi connectivity index (χ4n) is 2.10. The first-order valence-corrected chi connectivity index (χ1v) is 9.56. The van der Waals surface area contributed by atoms with Crippen LogP contribution in [-0.4, -0.2) is 20.1 Å². The van der Waals surface area contributed by atoms with E-state index in [9.17, 15) is 17.6 Å². The summed E-state index contributed by atoms with van der Waals surface area (Å²) in [4.78, 5) is 12.2. The van der Waals surface area contributed by atoms with E-state index in [0.29, 0.717) is 6.42 Å². The molecule has 0 amide bonds. The van der Waals surface area contributed by atoms with E-state index >= 15 is 0 Å². The summed E-state index contributed by atoms with van der Waals surface area (Å²) in [5.41, 5.74) is -0.119. The molecule has 2 aromatic rings.